The van der Waals surface area contributed by atoms with Gasteiger partial charge in [-0.25, -0.2) is 9.37 Å². The maximum absolute atomic E-state index is 13.6. The number of aromatic nitrogens is 6. The second-order valence-corrected chi connectivity index (χ2v) is 11.4. The minimum Gasteiger partial charge on any atom is -0.346 e. The molecule has 0 amide bonds. The molecular weight excluding hydrogens is 539 g/mol. The summed E-state index contributed by atoms with van der Waals surface area (Å²) in [5.41, 5.74) is 8.54. The highest BCUT2D eigenvalue weighted by molar-refractivity contribution is 5.95. The van der Waals surface area contributed by atoms with Crippen molar-refractivity contribution in [3.63, 3.8) is 0 Å². The van der Waals surface area contributed by atoms with Gasteiger partial charge >= 0.3 is 0 Å². The predicted octanol–water partition coefficient (Wildman–Crippen LogP) is 5.82. The third-order valence-corrected chi connectivity index (χ3v) is 8.32. The first-order chi connectivity index (χ1) is 21.1. The summed E-state index contributed by atoms with van der Waals surface area (Å²) in [5.74, 6) is -0.241. The summed E-state index contributed by atoms with van der Waals surface area (Å²) in [5, 5.41) is 10.2. The first-order valence-corrected chi connectivity index (χ1v) is 14.9. The largest absolute Gasteiger partial charge is 0.346 e. The molecule has 2 aromatic carbocycles. The van der Waals surface area contributed by atoms with Crippen molar-refractivity contribution in [1.29, 1.82) is 0 Å². The van der Waals surface area contributed by atoms with Crippen molar-refractivity contribution in [2.24, 2.45) is 0 Å². The number of piperazine rings is 1. The Labute approximate surface area is 250 Å². The number of fused-ring (bicyclic) bond motifs is 1. The van der Waals surface area contributed by atoms with E-state index in [0.717, 1.165) is 84.7 Å². The molecule has 1 aliphatic rings. The van der Waals surface area contributed by atoms with Gasteiger partial charge in [0.15, 0.2) is 0 Å². The summed E-state index contributed by atoms with van der Waals surface area (Å²) in [4.78, 5) is 13.0. The van der Waals surface area contributed by atoms with Crippen molar-refractivity contribution in [3.05, 3.63) is 114 Å². The lowest BCUT2D eigenvalue weighted by atomic mass is 10.1. The van der Waals surface area contributed by atoms with Crippen LogP contribution in [0.25, 0.3) is 33.3 Å². The second-order valence-electron chi connectivity index (χ2n) is 11.4. The Balaban J connectivity index is 0.997. The molecule has 1 saturated heterocycles. The summed E-state index contributed by atoms with van der Waals surface area (Å²) < 4.78 is 17.5. The van der Waals surface area contributed by atoms with Crippen LogP contribution in [0, 0.1) is 5.82 Å². The average Bonchev–Trinajstić information content (AvgIpc) is 3.78. The molecule has 218 valence electrons. The van der Waals surface area contributed by atoms with E-state index < -0.39 is 0 Å². The Hall–Kier alpha value is -4.60. The number of aryl methyl sites for hydroxylation is 1. The van der Waals surface area contributed by atoms with Crippen molar-refractivity contribution in [1.82, 2.24) is 39.3 Å². The molecular formula is C34H35FN8. The molecule has 7 rings (SSSR count). The molecule has 0 aliphatic carbocycles. The number of hydrogen-bond donors (Lipinski definition) is 1. The van der Waals surface area contributed by atoms with Crippen LogP contribution >= 0.6 is 0 Å². The highest BCUT2D eigenvalue weighted by Gasteiger charge is 2.18. The minimum atomic E-state index is -0.241. The molecule has 5 heterocycles. The number of pyridine rings is 1. The smallest absolute Gasteiger partial charge is 0.137 e. The Morgan fingerprint density at radius 1 is 0.744 bits per heavy atom. The zero-order valence-electron chi connectivity index (χ0n) is 24.3. The molecule has 0 radical (unpaired) electrons. The summed E-state index contributed by atoms with van der Waals surface area (Å²) in [6, 6.07) is 17.8. The van der Waals surface area contributed by atoms with Crippen LogP contribution in [-0.4, -0.2) is 65.5 Å². The van der Waals surface area contributed by atoms with E-state index in [2.05, 4.69) is 73.4 Å². The van der Waals surface area contributed by atoms with E-state index in [1.54, 1.807) is 6.07 Å². The van der Waals surface area contributed by atoms with E-state index in [-0.39, 0.29) is 5.82 Å². The van der Waals surface area contributed by atoms with Crippen LogP contribution in [-0.2, 0) is 26.2 Å². The molecule has 43 heavy (non-hydrogen) atoms. The van der Waals surface area contributed by atoms with Gasteiger partial charge in [-0.2, -0.15) is 10.2 Å². The van der Waals surface area contributed by atoms with Gasteiger partial charge in [0.05, 0.1) is 25.6 Å². The molecule has 0 bridgehead atoms. The number of nitrogens with zero attached hydrogens (tertiary/aromatic N) is 7. The average molecular weight is 575 g/mol. The zero-order chi connectivity index (χ0) is 29.2. The van der Waals surface area contributed by atoms with Gasteiger partial charge in [0.1, 0.15) is 11.5 Å². The monoisotopic (exact) mass is 574 g/mol. The number of nitrogens with one attached hydrogen (secondary N) is 1. The minimum absolute atomic E-state index is 0.241. The lowest BCUT2D eigenvalue weighted by Gasteiger charge is -2.34. The predicted molar refractivity (Wildman–Crippen MR) is 167 cm³/mol. The number of rotatable bonds is 9. The van der Waals surface area contributed by atoms with Crippen LogP contribution < -0.4 is 0 Å². The number of H-pyrrole nitrogens is 1. The van der Waals surface area contributed by atoms with Crippen LogP contribution in [0.3, 0.4) is 0 Å². The normalized spacial score (nSPS) is 14.6. The van der Waals surface area contributed by atoms with Crippen LogP contribution in [0.2, 0.25) is 0 Å². The van der Waals surface area contributed by atoms with Crippen LogP contribution in [0.4, 0.5) is 4.39 Å². The van der Waals surface area contributed by atoms with Crippen LogP contribution in [0.15, 0.2) is 91.8 Å². The fraction of sp³-hybridized carbons (Fsp3) is 0.265. The van der Waals surface area contributed by atoms with E-state index in [9.17, 15) is 4.39 Å². The zero-order valence-corrected chi connectivity index (χ0v) is 24.3. The van der Waals surface area contributed by atoms with E-state index in [1.807, 2.05) is 46.4 Å². The SMILES string of the molecule is CCc1ccc(CN2CCN(Cn3cc(-c4cnc5[nH]cc(-c6cnn(Cc7cccc(F)c7)c6)c5c4)cn3)CC2)cc1. The number of hydrogen-bond acceptors (Lipinski definition) is 5. The summed E-state index contributed by atoms with van der Waals surface area (Å²) in [6.45, 7) is 8.64. The lowest BCUT2D eigenvalue weighted by molar-refractivity contribution is 0.0988. The maximum Gasteiger partial charge on any atom is 0.137 e. The highest BCUT2D eigenvalue weighted by Crippen LogP contribution is 2.31. The Kier molecular flexibility index (Phi) is 7.57. The highest BCUT2D eigenvalue weighted by atomic mass is 19.1. The van der Waals surface area contributed by atoms with Gasteiger partial charge in [0, 0.05) is 85.2 Å². The maximum atomic E-state index is 13.6. The molecule has 0 saturated carbocycles. The van der Waals surface area contributed by atoms with Gasteiger partial charge < -0.3 is 4.98 Å². The third kappa shape index (κ3) is 6.14. The fourth-order valence-electron chi connectivity index (χ4n) is 5.83. The Morgan fingerprint density at radius 2 is 1.49 bits per heavy atom. The summed E-state index contributed by atoms with van der Waals surface area (Å²) in [7, 11) is 0. The van der Waals surface area contributed by atoms with Gasteiger partial charge in [0.2, 0.25) is 0 Å². The molecule has 0 atom stereocenters. The number of benzene rings is 2. The quantitative estimate of drug-likeness (QED) is 0.236. The Bertz CT molecular complexity index is 1820. The van der Waals surface area contributed by atoms with Crippen molar-refractivity contribution in [3.8, 4) is 22.3 Å². The number of aromatic amines is 1. The van der Waals surface area contributed by atoms with Crippen molar-refractivity contribution in [2.75, 3.05) is 26.2 Å². The van der Waals surface area contributed by atoms with E-state index >= 15 is 0 Å². The van der Waals surface area contributed by atoms with Crippen LogP contribution in [0.5, 0.6) is 0 Å². The number of halogens is 1. The van der Waals surface area contributed by atoms with Gasteiger partial charge in [0.25, 0.3) is 0 Å². The van der Waals surface area contributed by atoms with E-state index in [1.165, 1.54) is 23.3 Å². The molecule has 0 unspecified atom stereocenters. The van der Waals surface area contributed by atoms with Crippen molar-refractivity contribution < 1.29 is 4.39 Å². The Morgan fingerprint density at radius 3 is 2.30 bits per heavy atom. The summed E-state index contributed by atoms with van der Waals surface area (Å²) in [6.07, 6.45) is 12.8. The molecule has 1 N–H and O–H groups in total. The first kappa shape index (κ1) is 27.2. The molecule has 1 aliphatic heterocycles. The molecule has 6 aromatic rings. The molecule has 0 spiro atoms. The van der Waals surface area contributed by atoms with E-state index in [4.69, 9.17) is 0 Å². The van der Waals surface area contributed by atoms with Gasteiger partial charge in [-0.15, -0.1) is 0 Å². The summed E-state index contributed by atoms with van der Waals surface area (Å²) >= 11 is 0. The first-order valence-electron chi connectivity index (χ1n) is 14.9. The van der Waals surface area contributed by atoms with Gasteiger partial charge in [-0.3, -0.25) is 19.2 Å². The van der Waals surface area contributed by atoms with Gasteiger partial charge in [-0.1, -0.05) is 43.3 Å². The van der Waals surface area contributed by atoms with Crippen molar-refractivity contribution >= 4 is 11.0 Å². The fourth-order valence-corrected chi connectivity index (χ4v) is 5.83. The van der Waals surface area contributed by atoms with E-state index in [0.29, 0.717) is 6.54 Å². The standard InChI is InChI=1S/C34H35FN8/c1-2-25-6-8-26(9-7-25)20-40-10-12-41(13-11-40)24-43-22-29(17-39-43)28-15-32-33(19-37-34(32)36-16-28)30-18-38-42(23-30)21-27-4-3-5-31(35)14-27/h3-9,14-19,22-23H,2,10-13,20-21,24H2,1H3,(H,36,37). The molecule has 1 fully saturated rings. The second kappa shape index (κ2) is 11.9. The van der Waals surface area contributed by atoms with Crippen molar-refractivity contribution in [2.45, 2.75) is 33.1 Å². The molecule has 8 nitrogen and oxygen atoms in total. The van der Waals surface area contributed by atoms with Crippen LogP contribution in [0.1, 0.15) is 23.6 Å². The van der Waals surface area contributed by atoms with Gasteiger partial charge in [-0.05, 0) is 41.3 Å². The molecule has 9 heteroatoms. The topological polar surface area (TPSA) is 70.8 Å². The third-order valence-electron chi connectivity index (χ3n) is 8.32. The molecule has 4 aromatic heterocycles. The lowest BCUT2D eigenvalue weighted by Crippen LogP contribution is -2.46.